The van der Waals surface area contributed by atoms with Crippen molar-refractivity contribution in [2.45, 2.75) is 128 Å². The van der Waals surface area contributed by atoms with Crippen LogP contribution in [0.2, 0.25) is 0 Å². The highest BCUT2D eigenvalue weighted by Crippen LogP contribution is 2.58. The summed E-state index contributed by atoms with van der Waals surface area (Å²) in [7, 11) is -1.70. The number of nitrogens with one attached hydrogen (secondary N) is 1. The third kappa shape index (κ3) is 9.52. The van der Waals surface area contributed by atoms with E-state index in [1.165, 1.54) is 24.1 Å². The van der Waals surface area contributed by atoms with Crippen molar-refractivity contribution in [2.24, 2.45) is 29.1 Å². The molecule has 60 heavy (non-hydrogen) atoms. The molecule has 0 radical (unpaired) electrons. The molecule has 1 saturated heterocycles. The largest absolute Gasteiger partial charge is 0.493 e. The Hall–Kier alpha value is -4.48. The van der Waals surface area contributed by atoms with Crippen LogP contribution in [0.5, 0.6) is 17.4 Å². The van der Waals surface area contributed by atoms with Crippen molar-refractivity contribution in [1.29, 1.82) is 0 Å². The van der Waals surface area contributed by atoms with Crippen molar-refractivity contribution in [2.75, 3.05) is 20.8 Å². The van der Waals surface area contributed by atoms with Crippen LogP contribution >= 0.6 is 0 Å². The fourth-order valence-corrected chi connectivity index (χ4v) is 9.79. The topological polar surface area (TPSA) is 180 Å². The number of amides is 2. The maximum Gasteiger partial charge on any atom is 0.438 e. The normalized spacial score (nSPS) is 29.0. The lowest BCUT2D eigenvalue weighted by molar-refractivity contribution is -0.160. The van der Waals surface area contributed by atoms with E-state index in [-0.39, 0.29) is 66.6 Å². The van der Waals surface area contributed by atoms with E-state index >= 15 is 0 Å². The Morgan fingerprint density at radius 3 is 2.28 bits per heavy atom. The predicted molar refractivity (Wildman–Crippen MR) is 212 cm³/mol. The Morgan fingerprint density at radius 2 is 1.67 bits per heavy atom. The zero-order chi connectivity index (χ0) is 44.2. The SMILES string of the molecule is COc1cc2nc(C(F)(F)F)c(OC)nc2cc1O[C@@H]1C[C@H]2C(=O)C[C@]3(C(=O)NS(=O)(=O)C4(C)CC4)C[C@H]3/C=C\CC[C@H](C)C[C@@H](C)[C@H](CC(=O)OC(C)(C)C)C(=O)N2C1. The lowest BCUT2D eigenvalue weighted by Crippen LogP contribution is -2.48. The Bertz CT molecular complexity index is 2170. The average molecular weight is 865 g/mol. The van der Waals surface area contributed by atoms with Gasteiger partial charge in [-0.15, -0.1) is 0 Å². The van der Waals surface area contributed by atoms with Gasteiger partial charge in [-0.1, -0.05) is 26.0 Å². The highest BCUT2D eigenvalue weighted by molar-refractivity contribution is 7.91. The summed E-state index contributed by atoms with van der Waals surface area (Å²) in [4.78, 5) is 66.1. The lowest BCUT2D eigenvalue weighted by atomic mass is 9.82. The predicted octanol–water partition coefficient (Wildman–Crippen LogP) is 6.34. The van der Waals surface area contributed by atoms with Gasteiger partial charge in [-0.2, -0.15) is 13.2 Å². The molecule has 3 fully saturated rings. The zero-order valence-corrected chi connectivity index (χ0v) is 36.1. The van der Waals surface area contributed by atoms with Gasteiger partial charge in [0.25, 0.3) is 0 Å². The number of aromatic nitrogens is 2. The zero-order valence-electron chi connectivity index (χ0n) is 35.3. The van der Waals surface area contributed by atoms with Crippen LogP contribution in [0, 0.1) is 29.1 Å². The molecule has 7 atom stereocenters. The fraction of sp³-hybridized carbons (Fsp3) is 0.667. The minimum atomic E-state index is -4.86. The van der Waals surface area contributed by atoms with Gasteiger partial charge in [-0.05, 0) is 84.0 Å². The maximum absolute atomic E-state index is 14.9. The van der Waals surface area contributed by atoms with Crippen LogP contribution in [0.15, 0.2) is 24.3 Å². The lowest BCUT2D eigenvalue weighted by Gasteiger charge is -2.32. The molecule has 1 aromatic carbocycles. The van der Waals surface area contributed by atoms with Crippen molar-refractivity contribution in [3.8, 4) is 17.4 Å². The smallest absolute Gasteiger partial charge is 0.438 e. The van der Waals surface area contributed by atoms with E-state index in [2.05, 4.69) is 21.6 Å². The number of esters is 1. The highest BCUT2D eigenvalue weighted by atomic mass is 32.2. The van der Waals surface area contributed by atoms with Crippen LogP contribution in [-0.4, -0.2) is 90.1 Å². The van der Waals surface area contributed by atoms with E-state index in [1.54, 1.807) is 27.7 Å². The number of rotatable bonds is 9. The number of ketones is 1. The molecule has 2 aromatic rings. The molecular formula is C42H55F3N4O10S. The molecule has 2 aliphatic carbocycles. The number of hydrogen-bond donors (Lipinski definition) is 1. The summed E-state index contributed by atoms with van der Waals surface area (Å²) in [5.74, 6) is -4.50. The van der Waals surface area contributed by atoms with E-state index in [0.717, 1.165) is 13.5 Å². The molecule has 0 spiro atoms. The van der Waals surface area contributed by atoms with E-state index in [4.69, 9.17) is 18.9 Å². The van der Waals surface area contributed by atoms with Crippen molar-refractivity contribution >= 4 is 44.6 Å². The van der Waals surface area contributed by atoms with Crippen LogP contribution in [-0.2, 0) is 40.1 Å². The Morgan fingerprint density at radius 1 is 1.00 bits per heavy atom. The summed E-state index contributed by atoms with van der Waals surface area (Å²) in [5, 5.41) is 0. The summed E-state index contributed by atoms with van der Waals surface area (Å²) in [6.45, 7) is 10.6. The number of halogens is 3. The van der Waals surface area contributed by atoms with E-state index in [9.17, 15) is 40.8 Å². The number of hydrogen-bond acceptors (Lipinski definition) is 12. The Balaban J connectivity index is 1.37. The number of methoxy groups -OCH3 is 2. The molecule has 0 unspecified atom stereocenters. The maximum atomic E-state index is 14.9. The van der Waals surface area contributed by atoms with Crippen molar-refractivity contribution in [3.63, 3.8) is 0 Å². The Kier molecular flexibility index (Phi) is 12.3. The molecule has 330 valence electrons. The van der Waals surface area contributed by atoms with Gasteiger partial charge in [0, 0.05) is 25.0 Å². The molecule has 14 nitrogen and oxygen atoms in total. The minimum Gasteiger partial charge on any atom is -0.493 e. The van der Waals surface area contributed by atoms with Crippen molar-refractivity contribution in [1.82, 2.24) is 19.6 Å². The monoisotopic (exact) mass is 864 g/mol. The molecule has 3 heterocycles. The number of Topliss-reactive ketones (excluding diaryl/α,β-unsaturated/α-hetero) is 1. The molecular weight excluding hydrogens is 810 g/mol. The van der Waals surface area contributed by atoms with Crippen molar-refractivity contribution in [3.05, 3.63) is 30.0 Å². The van der Waals surface area contributed by atoms with Crippen LogP contribution in [0.25, 0.3) is 11.0 Å². The first-order valence-electron chi connectivity index (χ1n) is 20.4. The van der Waals surface area contributed by atoms with Gasteiger partial charge < -0.3 is 23.8 Å². The van der Waals surface area contributed by atoms with Gasteiger partial charge in [0.2, 0.25) is 33.4 Å². The number of allylic oxidation sites excluding steroid dienone is 2. The molecule has 1 N–H and O–H groups in total. The van der Waals surface area contributed by atoms with Gasteiger partial charge in [0.1, 0.15) is 11.7 Å². The molecule has 2 aliphatic heterocycles. The van der Waals surface area contributed by atoms with Gasteiger partial charge in [-0.25, -0.2) is 18.4 Å². The number of fused-ring (bicyclic) bond motifs is 3. The van der Waals surface area contributed by atoms with Crippen LogP contribution in [0.3, 0.4) is 0 Å². The molecule has 2 amide bonds. The van der Waals surface area contributed by atoms with Crippen LogP contribution < -0.4 is 18.9 Å². The molecule has 4 aliphatic rings. The van der Waals surface area contributed by atoms with Crippen LogP contribution in [0.4, 0.5) is 13.2 Å². The summed E-state index contributed by atoms with van der Waals surface area (Å²) >= 11 is 0. The second-order valence-corrected chi connectivity index (χ2v) is 20.5. The summed E-state index contributed by atoms with van der Waals surface area (Å²) in [6, 6.07) is 1.42. The molecule has 0 bridgehead atoms. The Labute approximate surface area is 348 Å². The average Bonchev–Trinajstić information content (AvgIpc) is 4.03. The fourth-order valence-electron chi connectivity index (χ4n) is 8.45. The molecule has 1 aromatic heterocycles. The number of alkyl halides is 3. The first kappa shape index (κ1) is 45.1. The van der Waals surface area contributed by atoms with Gasteiger partial charge >= 0.3 is 12.1 Å². The second-order valence-electron chi connectivity index (χ2n) is 18.3. The number of ether oxygens (including phenoxy) is 4. The summed E-state index contributed by atoms with van der Waals surface area (Å²) in [6.07, 6.45) is 0.447. The molecule has 18 heteroatoms. The summed E-state index contributed by atoms with van der Waals surface area (Å²) < 4.78 is 91.4. The first-order valence-corrected chi connectivity index (χ1v) is 21.8. The molecule has 6 rings (SSSR count). The van der Waals surface area contributed by atoms with Gasteiger partial charge in [0.05, 0.1) is 60.3 Å². The highest BCUT2D eigenvalue weighted by Gasteiger charge is 2.63. The standard InChI is InChI=1S/C42H55F3N4O10S/c1-23-11-9-10-12-25-20-41(25,38(53)48-60(54,55)40(6)13-14-40)21-31(50)30-16-26(22-49(30)37(52)27(24(2)15-23)17-34(51)59-39(3,4)5)58-33-19-29-28(18-32(33)56-7)46-35(42(43,44)45)36(47-29)57-8/h10,12,18-19,23-27,30H,9,11,13-17,20-22H2,1-8H3,(H,48,53)/b12-10-/t23-,24+,25+,26+,27-,30-,41+/m0/s1. The third-order valence-electron chi connectivity index (χ3n) is 12.3. The van der Waals surface area contributed by atoms with E-state index < -0.39 is 91.1 Å². The van der Waals surface area contributed by atoms with Crippen LogP contribution in [0.1, 0.15) is 105 Å². The minimum absolute atomic E-state index is 0.00758. The number of carbonyl (C=O) groups excluding carboxylic acids is 4. The first-order chi connectivity index (χ1) is 27.9. The van der Waals surface area contributed by atoms with E-state index in [1.807, 2.05) is 19.1 Å². The number of nitrogens with zero attached hydrogens (tertiary/aromatic N) is 3. The summed E-state index contributed by atoms with van der Waals surface area (Å²) in [5.41, 5.74) is -3.68. The third-order valence-corrected chi connectivity index (χ3v) is 14.4. The van der Waals surface area contributed by atoms with Crippen molar-refractivity contribution < 1.29 is 59.7 Å². The number of benzene rings is 1. The van der Waals surface area contributed by atoms with E-state index in [0.29, 0.717) is 25.7 Å². The quantitative estimate of drug-likeness (QED) is 0.219. The van der Waals surface area contributed by atoms with Gasteiger partial charge in [0.15, 0.2) is 17.3 Å². The number of sulfonamides is 1. The number of carbonyl (C=O) groups is 4. The second kappa shape index (κ2) is 16.4. The molecule has 2 saturated carbocycles. The van der Waals surface area contributed by atoms with Gasteiger partial charge in [-0.3, -0.25) is 23.9 Å².